The van der Waals surface area contributed by atoms with Gasteiger partial charge in [-0.15, -0.1) is 0 Å². The zero-order valence-corrected chi connectivity index (χ0v) is 18.5. The van der Waals surface area contributed by atoms with Crippen LogP contribution in [0.2, 0.25) is 5.02 Å². The second kappa shape index (κ2) is 10.0. The van der Waals surface area contributed by atoms with Gasteiger partial charge in [-0.05, 0) is 55.2 Å². The Morgan fingerprint density at radius 2 is 1.90 bits per heavy atom. The molecule has 162 valence electrons. The maximum absolute atomic E-state index is 13.2. The zero-order chi connectivity index (χ0) is 21.6. The van der Waals surface area contributed by atoms with Crippen LogP contribution < -0.4 is 5.32 Å². The molecule has 2 aromatic carbocycles. The Labute approximate surface area is 188 Å². The van der Waals surface area contributed by atoms with E-state index in [0.717, 1.165) is 43.8 Å². The number of hydrogen-bond donors (Lipinski definition) is 1. The standard InChI is InChI=1S/C25H28ClN3O2/c1-19-9-10-21(16-24(19)26)27-25(30)29(18-23-8-5-15-31-23)22-11-13-28(14-12-22)17-20-6-3-2-4-7-20/h2-10,15-16,22H,11-14,17-18H2,1H3,(H,27,30). The fraction of sp³-hybridized carbons (Fsp3) is 0.320. The number of rotatable bonds is 6. The van der Waals surface area contributed by atoms with E-state index in [2.05, 4.69) is 34.5 Å². The Bertz CT molecular complexity index is 983. The molecule has 1 fully saturated rings. The summed E-state index contributed by atoms with van der Waals surface area (Å²) in [4.78, 5) is 17.6. The van der Waals surface area contributed by atoms with E-state index >= 15 is 0 Å². The summed E-state index contributed by atoms with van der Waals surface area (Å²) in [5.41, 5.74) is 3.01. The minimum absolute atomic E-state index is 0.127. The summed E-state index contributed by atoms with van der Waals surface area (Å²) in [5.74, 6) is 0.781. The first-order chi connectivity index (χ1) is 15.1. The maximum atomic E-state index is 13.2. The van der Waals surface area contributed by atoms with Crippen LogP contribution in [0.5, 0.6) is 0 Å². The Morgan fingerprint density at radius 1 is 1.13 bits per heavy atom. The molecule has 0 aliphatic carbocycles. The number of nitrogens with one attached hydrogen (secondary N) is 1. The van der Waals surface area contributed by atoms with E-state index in [1.54, 1.807) is 12.3 Å². The highest BCUT2D eigenvalue weighted by molar-refractivity contribution is 6.31. The first-order valence-corrected chi connectivity index (χ1v) is 11.1. The van der Waals surface area contributed by atoms with Crippen LogP contribution in [0, 0.1) is 6.92 Å². The average molecular weight is 438 g/mol. The summed E-state index contributed by atoms with van der Waals surface area (Å²) >= 11 is 6.24. The van der Waals surface area contributed by atoms with Gasteiger partial charge in [0.05, 0.1) is 12.8 Å². The number of benzene rings is 2. The quantitative estimate of drug-likeness (QED) is 0.519. The summed E-state index contributed by atoms with van der Waals surface area (Å²) in [7, 11) is 0. The number of aryl methyl sites for hydroxylation is 1. The van der Waals surface area contributed by atoms with Crippen LogP contribution in [0.15, 0.2) is 71.3 Å². The second-order valence-electron chi connectivity index (χ2n) is 8.09. The van der Waals surface area contributed by atoms with E-state index in [1.807, 2.05) is 42.2 Å². The number of hydrogen-bond acceptors (Lipinski definition) is 3. The van der Waals surface area contributed by atoms with Gasteiger partial charge in [0.2, 0.25) is 0 Å². The Hall–Kier alpha value is -2.76. The second-order valence-corrected chi connectivity index (χ2v) is 8.50. The summed E-state index contributed by atoms with van der Waals surface area (Å²) in [6.45, 7) is 5.25. The van der Waals surface area contributed by atoms with Crippen molar-refractivity contribution in [1.82, 2.24) is 9.80 Å². The molecule has 2 amide bonds. The third-order valence-corrected chi connectivity index (χ3v) is 6.24. The minimum atomic E-state index is -0.127. The lowest BCUT2D eigenvalue weighted by Gasteiger charge is -2.38. The fourth-order valence-corrected chi connectivity index (χ4v) is 4.21. The van der Waals surface area contributed by atoms with Gasteiger partial charge in [-0.2, -0.15) is 0 Å². The number of likely N-dealkylation sites (tertiary alicyclic amines) is 1. The van der Waals surface area contributed by atoms with Crippen molar-refractivity contribution in [2.45, 2.75) is 38.9 Å². The number of piperidine rings is 1. The van der Waals surface area contributed by atoms with Gasteiger partial charge in [0.25, 0.3) is 0 Å². The van der Waals surface area contributed by atoms with Gasteiger partial charge in [-0.25, -0.2) is 4.79 Å². The molecule has 1 N–H and O–H groups in total. The number of nitrogens with zero attached hydrogens (tertiary/aromatic N) is 2. The number of amides is 2. The molecule has 0 spiro atoms. The van der Waals surface area contributed by atoms with Gasteiger partial charge < -0.3 is 14.6 Å². The Morgan fingerprint density at radius 3 is 2.58 bits per heavy atom. The van der Waals surface area contributed by atoms with Crippen LogP contribution in [0.4, 0.5) is 10.5 Å². The van der Waals surface area contributed by atoms with E-state index in [-0.39, 0.29) is 12.1 Å². The molecular weight excluding hydrogens is 410 g/mol. The van der Waals surface area contributed by atoms with Gasteiger partial charge in [-0.1, -0.05) is 48.0 Å². The van der Waals surface area contributed by atoms with E-state index < -0.39 is 0 Å². The van der Waals surface area contributed by atoms with Crippen molar-refractivity contribution in [2.75, 3.05) is 18.4 Å². The summed E-state index contributed by atoms with van der Waals surface area (Å²) in [6.07, 6.45) is 3.50. The smallest absolute Gasteiger partial charge is 0.322 e. The van der Waals surface area contributed by atoms with Gasteiger partial charge in [-0.3, -0.25) is 4.90 Å². The third kappa shape index (κ3) is 5.69. The van der Waals surface area contributed by atoms with Crippen LogP contribution in [0.25, 0.3) is 0 Å². The van der Waals surface area contributed by atoms with Crippen LogP contribution in [-0.4, -0.2) is 35.0 Å². The van der Waals surface area contributed by atoms with Crippen LogP contribution in [0.3, 0.4) is 0 Å². The molecule has 0 saturated carbocycles. The molecule has 0 unspecified atom stereocenters. The summed E-state index contributed by atoms with van der Waals surface area (Å²) in [6, 6.07) is 19.9. The largest absolute Gasteiger partial charge is 0.467 e. The molecule has 3 aromatic rings. The highest BCUT2D eigenvalue weighted by atomic mass is 35.5. The summed E-state index contributed by atoms with van der Waals surface area (Å²) in [5, 5.41) is 3.66. The van der Waals surface area contributed by atoms with Gasteiger partial charge in [0.1, 0.15) is 5.76 Å². The number of urea groups is 1. The first kappa shape index (κ1) is 21.5. The van der Waals surface area contributed by atoms with Gasteiger partial charge in [0.15, 0.2) is 0 Å². The molecule has 6 heteroatoms. The van der Waals surface area contributed by atoms with E-state index in [4.69, 9.17) is 16.0 Å². The number of anilines is 1. The van der Waals surface area contributed by atoms with Gasteiger partial charge in [0, 0.05) is 36.4 Å². The molecule has 31 heavy (non-hydrogen) atoms. The highest BCUT2D eigenvalue weighted by Gasteiger charge is 2.29. The Kier molecular flexibility index (Phi) is 6.95. The van der Waals surface area contributed by atoms with E-state index in [0.29, 0.717) is 17.3 Å². The number of carbonyl (C=O) groups excluding carboxylic acids is 1. The predicted octanol–water partition coefficient (Wildman–Crippen LogP) is 5.94. The molecule has 5 nitrogen and oxygen atoms in total. The molecule has 1 aliphatic rings. The van der Waals surface area contributed by atoms with E-state index in [9.17, 15) is 4.79 Å². The number of carbonyl (C=O) groups is 1. The molecule has 0 atom stereocenters. The zero-order valence-electron chi connectivity index (χ0n) is 17.8. The number of furan rings is 1. The van der Waals surface area contributed by atoms with Crippen molar-refractivity contribution >= 4 is 23.3 Å². The van der Waals surface area contributed by atoms with Crippen LogP contribution in [-0.2, 0) is 13.1 Å². The van der Waals surface area contributed by atoms with Gasteiger partial charge >= 0.3 is 6.03 Å². The fourth-order valence-electron chi connectivity index (χ4n) is 4.03. The lowest BCUT2D eigenvalue weighted by Crippen LogP contribution is -2.48. The van der Waals surface area contributed by atoms with Crippen molar-refractivity contribution < 1.29 is 9.21 Å². The molecular formula is C25H28ClN3O2. The minimum Gasteiger partial charge on any atom is -0.467 e. The van der Waals surface area contributed by atoms with Crippen molar-refractivity contribution in [2.24, 2.45) is 0 Å². The lowest BCUT2D eigenvalue weighted by molar-refractivity contribution is 0.115. The molecule has 0 radical (unpaired) electrons. The predicted molar refractivity (Wildman–Crippen MR) is 124 cm³/mol. The number of halogens is 1. The summed E-state index contributed by atoms with van der Waals surface area (Å²) < 4.78 is 5.54. The van der Waals surface area contributed by atoms with Crippen molar-refractivity contribution in [3.05, 3.63) is 88.8 Å². The average Bonchev–Trinajstić information content (AvgIpc) is 3.29. The normalized spacial score (nSPS) is 15.0. The Balaban J connectivity index is 1.42. The van der Waals surface area contributed by atoms with Crippen LogP contribution in [0.1, 0.15) is 29.7 Å². The highest BCUT2D eigenvalue weighted by Crippen LogP contribution is 2.24. The topological polar surface area (TPSA) is 48.7 Å². The molecule has 2 heterocycles. The molecule has 1 aliphatic heterocycles. The lowest BCUT2D eigenvalue weighted by atomic mass is 10.0. The first-order valence-electron chi connectivity index (χ1n) is 10.7. The van der Waals surface area contributed by atoms with Crippen LogP contribution >= 0.6 is 11.6 Å². The molecule has 1 aromatic heterocycles. The van der Waals surface area contributed by atoms with Crippen molar-refractivity contribution in [3.8, 4) is 0 Å². The monoisotopic (exact) mass is 437 g/mol. The molecule has 1 saturated heterocycles. The molecule has 0 bridgehead atoms. The third-order valence-electron chi connectivity index (χ3n) is 5.84. The maximum Gasteiger partial charge on any atom is 0.322 e. The SMILES string of the molecule is Cc1ccc(NC(=O)N(Cc2ccco2)C2CCN(Cc3ccccc3)CC2)cc1Cl. The van der Waals surface area contributed by atoms with E-state index in [1.165, 1.54) is 5.56 Å². The molecule has 4 rings (SSSR count). The van der Waals surface area contributed by atoms with Crippen molar-refractivity contribution in [3.63, 3.8) is 0 Å². The van der Waals surface area contributed by atoms with Crippen molar-refractivity contribution in [1.29, 1.82) is 0 Å².